The summed E-state index contributed by atoms with van der Waals surface area (Å²) >= 11 is 1.54. The van der Waals surface area contributed by atoms with E-state index in [-0.39, 0.29) is 11.7 Å². The van der Waals surface area contributed by atoms with Crippen LogP contribution in [0.3, 0.4) is 0 Å². The predicted molar refractivity (Wildman–Crippen MR) is 93.5 cm³/mol. The average Bonchev–Trinajstić information content (AvgIpc) is 2.98. The number of hydrogen-bond donors (Lipinski definition) is 1. The Morgan fingerprint density at radius 1 is 1.46 bits per heavy atom. The van der Waals surface area contributed by atoms with Crippen LogP contribution in [0.15, 0.2) is 29.4 Å². The number of thiophene rings is 1. The number of methoxy groups -OCH3 is 1. The summed E-state index contributed by atoms with van der Waals surface area (Å²) in [6.07, 6.45) is 4.67. The van der Waals surface area contributed by atoms with Crippen molar-refractivity contribution in [1.29, 1.82) is 0 Å². The second kappa shape index (κ2) is 7.13. The minimum atomic E-state index is -0.465. The number of nitrogens with one attached hydrogen (secondary N) is 1. The highest BCUT2D eigenvalue weighted by molar-refractivity contribution is 7.14. The van der Waals surface area contributed by atoms with Crippen LogP contribution in [0.25, 0.3) is 0 Å². The molecule has 1 heterocycles. The Morgan fingerprint density at radius 2 is 2.29 bits per heavy atom. The smallest absolute Gasteiger partial charge is 0.281 e. The number of nitrogens with zero attached hydrogens (tertiary/aromatic N) is 1. The SMILES string of the molecule is COc1ccc(/C=N\NC(=O)c2cc3c(s2)CC[C@H](C)C3)cc1F. The third-order valence-electron chi connectivity index (χ3n) is 4.11. The third kappa shape index (κ3) is 3.64. The van der Waals surface area contributed by atoms with Crippen molar-refractivity contribution in [1.82, 2.24) is 5.43 Å². The molecule has 24 heavy (non-hydrogen) atoms. The Morgan fingerprint density at radius 3 is 3.04 bits per heavy atom. The first-order valence-electron chi connectivity index (χ1n) is 7.85. The zero-order chi connectivity index (χ0) is 17.1. The Kier molecular flexibility index (Phi) is 4.94. The molecule has 3 rings (SSSR count). The first-order valence-corrected chi connectivity index (χ1v) is 8.67. The maximum atomic E-state index is 13.6. The molecule has 0 bridgehead atoms. The minimum Gasteiger partial charge on any atom is -0.494 e. The molecule has 0 radical (unpaired) electrons. The number of aryl methyl sites for hydroxylation is 1. The lowest BCUT2D eigenvalue weighted by molar-refractivity contribution is 0.0959. The fraction of sp³-hybridized carbons (Fsp3) is 0.333. The molecule has 0 saturated carbocycles. The largest absolute Gasteiger partial charge is 0.494 e. The van der Waals surface area contributed by atoms with Crippen molar-refractivity contribution in [3.8, 4) is 5.75 Å². The maximum absolute atomic E-state index is 13.6. The number of benzene rings is 1. The monoisotopic (exact) mass is 346 g/mol. The van der Waals surface area contributed by atoms with Gasteiger partial charge in [-0.2, -0.15) is 5.10 Å². The number of halogens is 1. The topological polar surface area (TPSA) is 50.7 Å². The summed E-state index contributed by atoms with van der Waals surface area (Å²) in [5.74, 6) is 0.153. The molecule has 0 aliphatic heterocycles. The van der Waals surface area contributed by atoms with Crippen LogP contribution in [0.2, 0.25) is 0 Å². The number of rotatable bonds is 4. The molecule has 1 amide bonds. The molecule has 1 atom stereocenters. The van der Waals surface area contributed by atoms with Crippen molar-refractivity contribution in [2.45, 2.75) is 26.2 Å². The molecule has 126 valence electrons. The summed E-state index contributed by atoms with van der Waals surface area (Å²) < 4.78 is 18.5. The van der Waals surface area contributed by atoms with E-state index < -0.39 is 5.82 Å². The average molecular weight is 346 g/mol. The van der Waals surface area contributed by atoms with E-state index in [0.717, 1.165) is 12.8 Å². The van der Waals surface area contributed by atoms with Gasteiger partial charge in [0.25, 0.3) is 5.91 Å². The van der Waals surface area contributed by atoms with E-state index >= 15 is 0 Å². The quantitative estimate of drug-likeness (QED) is 0.676. The summed E-state index contributed by atoms with van der Waals surface area (Å²) in [6.45, 7) is 2.23. The standard InChI is InChI=1S/C18H19FN2O2S/c1-11-3-6-16-13(7-11)9-17(24-16)18(22)21-20-10-12-4-5-15(23-2)14(19)8-12/h4-5,8-11H,3,6-7H2,1-2H3,(H,21,22)/b20-10-/t11-/m0/s1. The maximum Gasteiger partial charge on any atom is 0.281 e. The molecule has 1 aromatic carbocycles. The Hall–Kier alpha value is -2.21. The van der Waals surface area contributed by atoms with Crippen molar-refractivity contribution in [3.05, 3.63) is 51.0 Å². The fourth-order valence-corrected chi connectivity index (χ4v) is 3.90. The normalized spacial score (nSPS) is 16.9. The summed E-state index contributed by atoms with van der Waals surface area (Å²) in [7, 11) is 1.41. The van der Waals surface area contributed by atoms with Crippen LogP contribution in [0, 0.1) is 11.7 Å². The number of carbonyl (C=O) groups excluding carboxylic acids is 1. The first kappa shape index (κ1) is 16.6. The summed E-state index contributed by atoms with van der Waals surface area (Å²) in [4.78, 5) is 14.2. The number of hydrogen-bond acceptors (Lipinski definition) is 4. The van der Waals surface area contributed by atoms with Gasteiger partial charge in [-0.1, -0.05) is 6.92 Å². The second-order valence-electron chi connectivity index (χ2n) is 6.00. The van der Waals surface area contributed by atoms with Crippen LogP contribution >= 0.6 is 11.3 Å². The van der Waals surface area contributed by atoms with E-state index in [1.165, 1.54) is 53.7 Å². The molecule has 1 aromatic heterocycles. The van der Waals surface area contributed by atoms with Gasteiger partial charge in [0.15, 0.2) is 11.6 Å². The summed E-state index contributed by atoms with van der Waals surface area (Å²) in [5, 5.41) is 3.91. The minimum absolute atomic E-state index is 0.176. The lowest BCUT2D eigenvalue weighted by atomic mass is 9.90. The highest BCUT2D eigenvalue weighted by Gasteiger charge is 2.20. The van der Waals surface area contributed by atoms with Gasteiger partial charge >= 0.3 is 0 Å². The van der Waals surface area contributed by atoms with E-state index in [1.54, 1.807) is 6.07 Å². The summed E-state index contributed by atoms with van der Waals surface area (Å²) in [6, 6.07) is 6.46. The van der Waals surface area contributed by atoms with Gasteiger partial charge in [-0.3, -0.25) is 4.79 Å². The zero-order valence-electron chi connectivity index (χ0n) is 13.6. The van der Waals surface area contributed by atoms with E-state index in [2.05, 4.69) is 17.5 Å². The highest BCUT2D eigenvalue weighted by atomic mass is 32.1. The molecule has 0 spiro atoms. The van der Waals surface area contributed by atoms with Gasteiger partial charge in [-0.05, 0) is 60.6 Å². The Bertz CT molecular complexity index is 785. The van der Waals surface area contributed by atoms with Gasteiger partial charge < -0.3 is 4.74 Å². The molecular formula is C18H19FN2O2S. The van der Waals surface area contributed by atoms with Crippen molar-refractivity contribution >= 4 is 23.5 Å². The number of hydrazone groups is 1. The molecule has 6 heteroatoms. The lowest BCUT2D eigenvalue weighted by Crippen LogP contribution is -2.16. The molecule has 1 aliphatic carbocycles. The van der Waals surface area contributed by atoms with Crippen molar-refractivity contribution in [2.24, 2.45) is 11.0 Å². The highest BCUT2D eigenvalue weighted by Crippen LogP contribution is 2.32. The molecule has 0 fully saturated rings. The van der Waals surface area contributed by atoms with Crippen LogP contribution < -0.4 is 10.2 Å². The molecule has 1 N–H and O–H groups in total. The number of fused-ring (bicyclic) bond motifs is 1. The van der Waals surface area contributed by atoms with Gasteiger partial charge in [-0.25, -0.2) is 9.82 Å². The van der Waals surface area contributed by atoms with Crippen LogP contribution in [0.5, 0.6) is 5.75 Å². The van der Waals surface area contributed by atoms with Gasteiger partial charge in [-0.15, -0.1) is 11.3 Å². The fourth-order valence-electron chi connectivity index (χ4n) is 2.80. The number of amides is 1. The van der Waals surface area contributed by atoms with Crippen LogP contribution in [-0.4, -0.2) is 19.2 Å². The lowest BCUT2D eigenvalue weighted by Gasteiger charge is -2.16. The van der Waals surface area contributed by atoms with E-state index in [4.69, 9.17) is 4.74 Å². The van der Waals surface area contributed by atoms with Crippen LogP contribution in [-0.2, 0) is 12.8 Å². The Balaban J connectivity index is 1.64. The van der Waals surface area contributed by atoms with Gasteiger partial charge in [0, 0.05) is 4.88 Å². The van der Waals surface area contributed by atoms with Gasteiger partial charge in [0.05, 0.1) is 18.2 Å². The van der Waals surface area contributed by atoms with E-state index in [0.29, 0.717) is 16.4 Å². The van der Waals surface area contributed by atoms with E-state index in [1.807, 2.05) is 6.07 Å². The molecular weight excluding hydrogens is 327 g/mol. The second-order valence-corrected chi connectivity index (χ2v) is 7.14. The first-order chi connectivity index (χ1) is 11.6. The van der Waals surface area contributed by atoms with E-state index in [9.17, 15) is 9.18 Å². The molecule has 0 saturated heterocycles. The molecule has 1 aliphatic rings. The van der Waals surface area contributed by atoms with Gasteiger partial charge in [0.2, 0.25) is 0 Å². The van der Waals surface area contributed by atoms with Crippen molar-refractivity contribution < 1.29 is 13.9 Å². The number of ether oxygens (including phenoxy) is 1. The number of carbonyl (C=O) groups is 1. The van der Waals surface area contributed by atoms with Crippen LogP contribution in [0.1, 0.15) is 39.0 Å². The zero-order valence-corrected chi connectivity index (χ0v) is 14.5. The summed E-state index contributed by atoms with van der Waals surface area (Å²) in [5.41, 5.74) is 4.33. The third-order valence-corrected chi connectivity index (χ3v) is 5.34. The Labute approximate surface area is 144 Å². The molecule has 4 nitrogen and oxygen atoms in total. The van der Waals surface area contributed by atoms with Gasteiger partial charge in [0.1, 0.15) is 0 Å². The molecule has 0 unspecified atom stereocenters. The van der Waals surface area contributed by atoms with Crippen LogP contribution in [0.4, 0.5) is 4.39 Å². The van der Waals surface area contributed by atoms with Crippen molar-refractivity contribution in [3.63, 3.8) is 0 Å². The molecule has 2 aromatic rings. The predicted octanol–water partition coefficient (Wildman–Crippen LogP) is 3.78. The van der Waals surface area contributed by atoms with Crippen molar-refractivity contribution in [2.75, 3.05) is 7.11 Å².